The molecular weight excluding hydrogens is 148 g/mol. The minimum absolute atomic E-state index is 0.323. The lowest BCUT2D eigenvalue weighted by Crippen LogP contribution is -2.36. The van der Waals surface area contributed by atoms with Crippen molar-refractivity contribution in [3.8, 4) is 0 Å². The molecule has 0 saturated heterocycles. The first kappa shape index (κ1) is 8.91. The second kappa shape index (κ2) is 3.05. The lowest BCUT2D eigenvalue weighted by Gasteiger charge is -2.15. The normalized spacial score (nSPS) is 23.7. The average molecular weight is 163 g/mol. The van der Waals surface area contributed by atoms with Crippen molar-refractivity contribution in [1.82, 2.24) is 5.32 Å². The molecule has 0 aromatic heterocycles. The van der Waals surface area contributed by atoms with Crippen LogP contribution in [0.4, 0.5) is 8.78 Å². The number of hydrogen-bond acceptors (Lipinski definition) is 1. The number of rotatable bonds is 4. The zero-order valence-electron chi connectivity index (χ0n) is 7.03. The Morgan fingerprint density at radius 2 is 2.00 bits per heavy atom. The fourth-order valence-electron chi connectivity index (χ4n) is 0.887. The zero-order valence-corrected chi connectivity index (χ0v) is 7.03. The van der Waals surface area contributed by atoms with E-state index >= 15 is 0 Å². The van der Waals surface area contributed by atoms with Gasteiger partial charge in [-0.2, -0.15) is 0 Å². The quantitative estimate of drug-likeness (QED) is 0.668. The van der Waals surface area contributed by atoms with Crippen molar-refractivity contribution in [1.29, 1.82) is 0 Å². The summed E-state index contributed by atoms with van der Waals surface area (Å²) in [6.45, 7) is 4.38. The average Bonchev–Trinajstić information content (AvgIpc) is 2.64. The van der Waals surface area contributed by atoms with E-state index in [0.717, 1.165) is 6.54 Å². The van der Waals surface area contributed by atoms with Crippen molar-refractivity contribution in [3.05, 3.63) is 0 Å². The van der Waals surface area contributed by atoms with Gasteiger partial charge in [0, 0.05) is 6.54 Å². The fraction of sp³-hybridized carbons (Fsp3) is 1.00. The molecule has 0 aromatic rings. The maximum Gasteiger partial charge on any atom is 0.253 e. The highest BCUT2D eigenvalue weighted by Gasteiger charge is 2.37. The van der Waals surface area contributed by atoms with Crippen molar-refractivity contribution >= 4 is 0 Å². The highest BCUT2D eigenvalue weighted by Crippen LogP contribution is 2.44. The molecule has 0 spiro atoms. The van der Waals surface area contributed by atoms with Gasteiger partial charge in [-0.05, 0) is 25.2 Å². The predicted molar refractivity (Wildman–Crippen MR) is 40.8 cm³/mol. The third-order valence-corrected chi connectivity index (χ3v) is 2.33. The SMILES string of the molecule is CC(NCC1(C)CC1)C(F)F. The van der Waals surface area contributed by atoms with Crippen LogP contribution in [0.15, 0.2) is 0 Å². The van der Waals surface area contributed by atoms with Crippen LogP contribution in [0.5, 0.6) is 0 Å². The van der Waals surface area contributed by atoms with Gasteiger partial charge < -0.3 is 5.32 Å². The molecule has 0 aliphatic heterocycles. The molecule has 1 fully saturated rings. The Hall–Kier alpha value is -0.180. The molecule has 0 amide bonds. The number of alkyl halides is 2. The second-order valence-corrected chi connectivity index (χ2v) is 3.81. The Kier molecular flexibility index (Phi) is 2.47. The van der Waals surface area contributed by atoms with Crippen LogP contribution in [0.2, 0.25) is 0 Å². The fourth-order valence-corrected chi connectivity index (χ4v) is 0.887. The maximum atomic E-state index is 12.0. The Bertz CT molecular complexity index is 132. The van der Waals surface area contributed by atoms with Gasteiger partial charge in [-0.3, -0.25) is 0 Å². The van der Waals surface area contributed by atoms with E-state index in [2.05, 4.69) is 12.2 Å². The second-order valence-electron chi connectivity index (χ2n) is 3.81. The van der Waals surface area contributed by atoms with Crippen LogP contribution in [0.1, 0.15) is 26.7 Å². The molecule has 1 rings (SSSR count). The molecule has 1 saturated carbocycles. The highest BCUT2D eigenvalue weighted by atomic mass is 19.3. The van der Waals surface area contributed by atoms with Gasteiger partial charge in [0.1, 0.15) is 0 Å². The standard InChI is InChI=1S/C8H15F2N/c1-6(7(9)10)11-5-8(2)3-4-8/h6-7,11H,3-5H2,1-2H3. The van der Waals surface area contributed by atoms with E-state index in [1.807, 2.05) is 0 Å². The zero-order chi connectivity index (χ0) is 8.48. The summed E-state index contributed by atoms with van der Waals surface area (Å²) in [5.41, 5.74) is 0.323. The number of halogens is 2. The topological polar surface area (TPSA) is 12.0 Å². The van der Waals surface area contributed by atoms with Crippen molar-refractivity contribution in [2.24, 2.45) is 5.41 Å². The van der Waals surface area contributed by atoms with Gasteiger partial charge in [-0.1, -0.05) is 6.92 Å². The van der Waals surface area contributed by atoms with Crippen molar-refractivity contribution in [3.63, 3.8) is 0 Å². The maximum absolute atomic E-state index is 12.0. The predicted octanol–water partition coefficient (Wildman–Crippen LogP) is 2.03. The van der Waals surface area contributed by atoms with Gasteiger partial charge in [-0.15, -0.1) is 0 Å². The summed E-state index contributed by atoms with van der Waals surface area (Å²) in [6.07, 6.45) is 0.115. The molecule has 1 nitrogen and oxygen atoms in total. The molecule has 11 heavy (non-hydrogen) atoms. The Morgan fingerprint density at radius 3 is 2.36 bits per heavy atom. The Balaban J connectivity index is 2.11. The minimum atomic E-state index is -2.24. The van der Waals surface area contributed by atoms with Gasteiger partial charge >= 0.3 is 0 Å². The molecule has 1 aliphatic rings. The summed E-state index contributed by atoms with van der Waals surface area (Å²) >= 11 is 0. The number of hydrogen-bond donors (Lipinski definition) is 1. The largest absolute Gasteiger partial charge is 0.309 e. The third-order valence-electron chi connectivity index (χ3n) is 2.33. The van der Waals surface area contributed by atoms with Crippen LogP contribution in [-0.4, -0.2) is 19.0 Å². The molecule has 3 heteroatoms. The van der Waals surface area contributed by atoms with Crippen LogP contribution in [0, 0.1) is 5.41 Å². The molecule has 0 aromatic carbocycles. The molecular formula is C8H15F2N. The van der Waals surface area contributed by atoms with Gasteiger partial charge in [0.15, 0.2) is 0 Å². The van der Waals surface area contributed by atoms with Crippen LogP contribution in [-0.2, 0) is 0 Å². The highest BCUT2D eigenvalue weighted by molar-refractivity contribution is 4.91. The molecule has 66 valence electrons. The van der Waals surface area contributed by atoms with Gasteiger partial charge in [0.2, 0.25) is 0 Å². The summed E-state index contributed by atoms with van der Waals surface area (Å²) in [5.74, 6) is 0. The van der Waals surface area contributed by atoms with E-state index in [0.29, 0.717) is 5.41 Å². The van der Waals surface area contributed by atoms with E-state index in [4.69, 9.17) is 0 Å². The lowest BCUT2D eigenvalue weighted by molar-refractivity contribution is 0.104. The Morgan fingerprint density at radius 1 is 1.45 bits per heavy atom. The van der Waals surface area contributed by atoms with E-state index in [1.54, 1.807) is 0 Å². The lowest BCUT2D eigenvalue weighted by atomic mass is 10.1. The van der Waals surface area contributed by atoms with E-state index in [9.17, 15) is 8.78 Å². The first-order chi connectivity index (χ1) is 5.03. The van der Waals surface area contributed by atoms with Gasteiger partial charge in [-0.25, -0.2) is 8.78 Å². The molecule has 0 radical (unpaired) electrons. The van der Waals surface area contributed by atoms with Gasteiger partial charge in [0.25, 0.3) is 6.43 Å². The summed E-state index contributed by atoms with van der Waals surface area (Å²) < 4.78 is 23.9. The molecule has 0 bridgehead atoms. The first-order valence-corrected chi connectivity index (χ1v) is 4.05. The molecule has 1 N–H and O–H groups in total. The first-order valence-electron chi connectivity index (χ1n) is 4.05. The monoisotopic (exact) mass is 163 g/mol. The molecule has 1 unspecified atom stereocenters. The van der Waals surface area contributed by atoms with Crippen LogP contribution >= 0.6 is 0 Å². The Labute approximate surface area is 66.2 Å². The van der Waals surface area contributed by atoms with Crippen molar-refractivity contribution < 1.29 is 8.78 Å². The third kappa shape index (κ3) is 2.73. The summed E-state index contributed by atoms with van der Waals surface area (Å²) in [7, 11) is 0. The van der Waals surface area contributed by atoms with Crippen molar-refractivity contribution in [2.75, 3.05) is 6.54 Å². The number of nitrogens with one attached hydrogen (secondary N) is 1. The van der Waals surface area contributed by atoms with E-state index < -0.39 is 12.5 Å². The van der Waals surface area contributed by atoms with Crippen molar-refractivity contribution in [2.45, 2.75) is 39.2 Å². The summed E-state index contributed by atoms with van der Waals surface area (Å²) in [4.78, 5) is 0. The molecule has 0 heterocycles. The summed E-state index contributed by atoms with van der Waals surface area (Å²) in [6, 6.07) is -0.660. The van der Waals surface area contributed by atoms with E-state index in [-0.39, 0.29) is 0 Å². The smallest absolute Gasteiger partial charge is 0.253 e. The summed E-state index contributed by atoms with van der Waals surface area (Å²) in [5, 5.41) is 2.83. The minimum Gasteiger partial charge on any atom is -0.309 e. The van der Waals surface area contributed by atoms with Crippen LogP contribution in [0.3, 0.4) is 0 Å². The van der Waals surface area contributed by atoms with Crippen LogP contribution < -0.4 is 5.32 Å². The van der Waals surface area contributed by atoms with Gasteiger partial charge in [0.05, 0.1) is 6.04 Å². The van der Waals surface area contributed by atoms with Crippen LogP contribution in [0.25, 0.3) is 0 Å². The molecule has 1 atom stereocenters. The molecule has 1 aliphatic carbocycles. The van der Waals surface area contributed by atoms with E-state index in [1.165, 1.54) is 19.8 Å².